The molecular weight excluding hydrogens is 256 g/mol. The fourth-order valence-corrected chi connectivity index (χ4v) is 2.53. The number of fused-ring (bicyclic) bond motifs is 1. The van der Waals surface area contributed by atoms with Gasteiger partial charge in [-0.3, -0.25) is 15.0 Å². The average Bonchev–Trinajstić information content (AvgIpc) is 2.59. The molecule has 0 bridgehead atoms. The molecule has 5 heteroatoms. The van der Waals surface area contributed by atoms with Gasteiger partial charge in [0.25, 0.3) is 0 Å². The highest BCUT2D eigenvalue weighted by Gasteiger charge is 2.08. The SMILES string of the molecule is C=C1/C=c2/nccn/c2=N/CC2=C(C=C=CN=C2)S1. The second-order valence-electron chi connectivity index (χ2n) is 3.90. The molecule has 0 amide bonds. The monoisotopic (exact) mass is 266 g/mol. The number of thioether (sulfide) groups is 1. The van der Waals surface area contributed by atoms with Crippen molar-refractivity contribution in [3.63, 3.8) is 0 Å². The molecule has 0 spiro atoms. The zero-order valence-electron chi connectivity index (χ0n) is 10.1. The van der Waals surface area contributed by atoms with Gasteiger partial charge < -0.3 is 0 Å². The van der Waals surface area contributed by atoms with Crippen LogP contribution in [-0.2, 0) is 0 Å². The van der Waals surface area contributed by atoms with Crippen LogP contribution in [0.3, 0.4) is 0 Å². The van der Waals surface area contributed by atoms with Crippen LogP contribution in [0.1, 0.15) is 0 Å². The van der Waals surface area contributed by atoms with E-state index < -0.39 is 0 Å². The minimum Gasteiger partial charge on any atom is -0.260 e. The Kier molecular flexibility index (Phi) is 3.23. The van der Waals surface area contributed by atoms with Gasteiger partial charge in [0.1, 0.15) is 5.35 Å². The van der Waals surface area contributed by atoms with E-state index in [1.54, 1.807) is 36.6 Å². The predicted octanol–water partition coefficient (Wildman–Crippen LogP) is 1.14. The van der Waals surface area contributed by atoms with Gasteiger partial charge in [-0.15, -0.1) is 0 Å². The topological polar surface area (TPSA) is 50.5 Å². The van der Waals surface area contributed by atoms with Crippen molar-refractivity contribution >= 4 is 24.1 Å². The van der Waals surface area contributed by atoms with Crippen molar-refractivity contribution < 1.29 is 0 Å². The van der Waals surface area contributed by atoms with Crippen molar-refractivity contribution in [2.24, 2.45) is 9.98 Å². The van der Waals surface area contributed by atoms with Gasteiger partial charge in [0.05, 0.1) is 12.7 Å². The highest BCUT2D eigenvalue weighted by Crippen LogP contribution is 2.29. The summed E-state index contributed by atoms with van der Waals surface area (Å²) >= 11 is 1.57. The van der Waals surface area contributed by atoms with Gasteiger partial charge in [-0.25, -0.2) is 4.98 Å². The second kappa shape index (κ2) is 5.18. The van der Waals surface area contributed by atoms with Crippen LogP contribution in [0.15, 0.2) is 62.3 Å². The van der Waals surface area contributed by atoms with Gasteiger partial charge in [-0.05, 0) is 12.2 Å². The standard InChI is InChI=1S/C14H10N4S/c1-10-7-12-14(17-6-5-16-12)18-9-11-8-15-4-2-3-13(11)19-10/h3-8H,1,9H2/b12-7+,18-14+. The van der Waals surface area contributed by atoms with E-state index >= 15 is 0 Å². The molecule has 0 N–H and O–H groups in total. The highest BCUT2D eigenvalue weighted by molar-refractivity contribution is 8.07. The largest absolute Gasteiger partial charge is 0.260 e. The predicted molar refractivity (Wildman–Crippen MR) is 77.0 cm³/mol. The summed E-state index contributed by atoms with van der Waals surface area (Å²) in [4.78, 5) is 19.1. The molecule has 2 aliphatic heterocycles. The van der Waals surface area contributed by atoms with Crippen molar-refractivity contribution in [2.45, 2.75) is 0 Å². The molecule has 0 saturated carbocycles. The minimum absolute atomic E-state index is 0.519. The van der Waals surface area contributed by atoms with E-state index in [9.17, 15) is 0 Å². The Hall–Kier alpha value is -2.23. The van der Waals surface area contributed by atoms with E-state index in [1.165, 1.54) is 0 Å². The number of allylic oxidation sites excluding steroid dienone is 2. The van der Waals surface area contributed by atoms with Crippen molar-refractivity contribution in [1.82, 2.24) is 9.97 Å². The summed E-state index contributed by atoms with van der Waals surface area (Å²) in [6.07, 6.45) is 10.5. The molecule has 0 unspecified atom stereocenters. The van der Waals surface area contributed by atoms with Crippen LogP contribution in [-0.4, -0.2) is 22.7 Å². The van der Waals surface area contributed by atoms with Crippen LogP contribution in [0.5, 0.6) is 0 Å². The van der Waals surface area contributed by atoms with Crippen LogP contribution in [0.4, 0.5) is 0 Å². The first-order valence-electron chi connectivity index (χ1n) is 5.70. The maximum Gasteiger partial charge on any atom is 0.173 e. The van der Waals surface area contributed by atoms with Crippen molar-refractivity contribution in [2.75, 3.05) is 6.54 Å². The quantitative estimate of drug-likeness (QED) is 0.662. The number of rotatable bonds is 0. The van der Waals surface area contributed by atoms with E-state index in [-0.39, 0.29) is 0 Å². The Morgan fingerprint density at radius 3 is 3.11 bits per heavy atom. The summed E-state index contributed by atoms with van der Waals surface area (Å²) in [5.74, 6) is 0. The van der Waals surface area contributed by atoms with Crippen LogP contribution in [0, 0.1) is 0 Å². The van der Waals surface area contributed by atoms with Gasteiger partial charge >= 0.3 is 0 Å². The van der Waals surface area contributed by atoms with Crippen LogP contribution >= 0.6 is 11.8 Å². The van der Waals surface area contributed by atoms with E-state index in [0.717, 1.165) is 20.7 Å². The van der Waals surface area contributed by atoms with Crippen LogP contribution in [0.2, 0.25) is 0 Å². The number of nitrogens with zero attached hydrogens (tertiary/aromatic N) is 4. The molecule has 1 aromatic heterocycles. The number of aromatic nitrogens is 2. The Balaban J connectivity index is 2.18. The normalized spacial score (nSPS) is 20.9. The Bertz CT molecular complexity index is 780. The molecule has 2 aliphatic rings. The summed E-state index contributed by atoms with van der Waals surface area (Å²) < 4.78 is 0. The zero-order chi connectivity index (χ0) is 13.1. The number of hydrogen-bond acceptors (Lipinski definition) is 5. The summed E-state index contributed by atoms with van der Waals surface area (Å²) in [7, 11) is 0. The molecule has 19 heavy (non-hydrogen) atoms. The molecule has 3 heterocycles. The molecule has 1 aromatic rings. The maximum absolute atomic E-state index is 4.50. The third kappa shape index (κ3) is 2.62. The summed E-state index contributed by atoms with van der Waals surface area (Å²) in [5, 5.41) is 0.745. The lowest BCUT2D eigenvalue weighted by Gasteiger charge is -2.04. The van der Waals surface area contributed by atoms with Crippen LogP contribution < -0.4 is 10.8 Å². The lowest BCUT2D eigenvalue weighted by Crippen LogP contribution is -2.31. The molecule has 0 radical (unpaired) electrons. The lowest BCUT2D eigenvalue weighted by atomic mass is 10.2. The summed E-state index contributed by atoms with van der Waals surface area (Å²) in [5.41, 5.74) is 4.66. The first-order valence-corrected chi connectivity index (χ1v) is 6.52. The first-order chi connectivity index (χ1) is 9.33. The molecule has 0 aliphatic carbocycles. The van der Waals surface area contributed by atoms with Gasteiger partial charge in [-0.1, -0.05) is 24.1 Å². The van der Waals surface area contributed by atoms with Gasteiger partial charge in [0.2, 0.25) is 0 Å². The van der Waals surface area contributed by atoms with E-state index in [2.05, 4.69) is 32.3 Å². The van der Waals surface area contributed by atoms with E-state index in [1.807, 2.05) is 12.2 Å². The van der Waals surface area contributed by atoms with E-state index in [4.69, 9.17) is 0 Å². The highest BCUT2D eigenvalue weighted by atomic mass is 32.2. The van der Waals surface area contributed by atoms with Crippen LogP contribution in [0.25, 0.3) is 6.08 Å². The third-order valence-electron chi connectivity index (χ3n) is 2.55. The van der Waals surface area contributed by atoms with Gasteiger partial charge in [0.15, 0.2) is 5.49 Å². The fourth-order valence-electron chi connectivity index (χ4n) is 1.70. The molecule has 92 valence electrons. The second-order valence-corrected chi connectivity index (χ2v) is 5.07. The number of hydrogen-bond donors (Lipinski definition) is 0. The minimum atomic E-state index is 0.519. The molecule has 4 nitrogen and oxygen atoms in total. The van der Waals surface area contributed by atoms with Crippen molar-refractivity contribution in [3.05, 3.63) is 63.2 Å². The average molecular weight is 266 g/mol. The Morgan fingerprint density at radius 2 is 2.16 bits per heavy atom. The molecular formula is C14H10N4S. The summed E-state index contributed by atoms with van der Waals surface area (Å²) in [6, 6.07) is 0. The van der Waals surface area contributed by atoms with Gasteiger partial charge in [-0.2, -0.15) is 0 Å². The fraction of sp³-hybridized carbons (Fsp3) is 0.0714. The Labute approximate surface area is 114 Å². The van der Waals surface area contributed by atoms with Crippen molar-refractivity contribution in [1.29, 1.82) is 0 Å². The van der Waals surface area contributed by atoms with E-state index in [0.29, 0.717) is 12.0 Å². The number of aliphatic imine (C=N–C) groups is 1. The first kappa shape index (κ1) is 11.8. The summed E-state index contributed by atoms with van der Waals surface area (Å²) in [6.45, 7) is 4.56. The molecule has 3 rings (SSSR count). The third-order valence-corrected chi connectivity index (χ3v) is 3.53. The molecule has 0 aromatic carbocycles. The molecule has 0 atom stereocenters. The lowest BCUT2D eigenvalue weighted by molar-refractivity contribution is 0.978. The Morgan fingerprint density at radius 1 is 1.26 bits per heavy atom. The van der Waals surface area contributed by atoms with Crippen molar-refractivity contribution in [3.8, 4) is 0 Å². The molecule has 0 fully saturated rings. The smallest absolute Gasteiger partial charge is 0.173 e. The molecule has 0 saturated heterocycles. The maximum atomic E-state index is 4.50. The zero-order valence-corrected chi connectivity index (χ0v) is 10.9. The van der Waals surface area contributed by atoms with Gasteiger partial charge in [0, 0.05) is 34.0 Å².